The third kappa shape index (κ3) is 3.18. The van der Waals surface area contributed by atoms with E-state index < -0.39 is 35.5 Å². The number of aliphatic carboxylic acids is 1. The van der Waals surface area contributed by atoms with E-state index in [1.165, 1.54) is 7.11 Å². The second kappa shape index (κ2) is 5.78. The van der Waals surface area contributed by atoms with Crippen LogP contribution in [-0.2, 0) is 19.1 Å². The number of carbonyl (C=O) groups is 3. The summed E-state index contributed by atoms with van der Waals surface area (Å²) in [5.41, 5.74) is -0.604. The third-order valence-corrected chi connectivity index (χ3v) is 4.47. The molecule has 0 spiro atoms. The largest absolute Gasteiger partial charge is 0.481 e. The van der Waals surface area contributed by atoms with Crippen LogP contribution in [0.15, 0.2) is 0 Å². The van der Waals surface area contributed by atoms with Crippen molar-refractivity contribution >= 4 is 18.0 Å². The van der Waals surface area contributed by atoms with Crippen LogP contribution in [0.3, 0.4) is 0 Å². The van der Waals surface area contributed by atoms with Crippen LogP contribution in [0.1, 0.15) is 33.6 Å². The maximum absolute atomic E-state index is 11.9. The lowest BCUT2D eigenvalue weighted by Crippen LogP contribution is -2.48. The molecule has 2 fully saturated rings. The Morgan fingerprint density at radius 3 is 2.27 bits per heavy atom. The first-order valence-corrected chi connectivity index (χ1v) is 7.44. The molecule has 0 heterocycles. The van der Waals surface area contributed by atoms with E-state index in [4.69, 9.17) is 9.47 Å². The van der Waals surface area contributed by atoms with E-state index in [1.807, 2.05) is 0 Å². The first-order valence-electron chi connectivity index (χ1n) is 7.44. The number of methoxy groups -OCH3 is 1. The Morgan fingerprint density at radius 1 is 1.14 bits per heavy atom. The molecule has 2 aliphatic carbocycles. The molecule has 0 aromatic rings. The highest BCUT2D eigenvalue weighted by Gasteiger charge is 2.59. The smallest absolute Gasteiger partial charge is 0.407 e. The molecule has 1 amide bonds. The molecule has 22 heavy (non-hydrogen) atoms. The number of fused-ring (bicyclic) bond motifs is 2. The van der Waals surface area contributed by atoms with Crippen LogP contribution in [0.5, 0.6) is 0 Å². The van der Waals surface area contributed by atoms with Crippen molar-refractivity contribution in [3.8, 4) is 0 Å². The van der Waals surface area contributed by atoms with E-state index in [0.717, 1.165) is 0 Å². The number of alkyl carbamates (subject to hydrolysis) is 1. The minimum Gasteiger partial charge on any atom is -0.481 e. The van der Waals surface area contributed by atoms with Crippen LogP contribution in [0.2, 0.25) is 0 Å². The van der Waals surface area contributed by atoms with Gasteiger partial charge in [0.05, 0.1) is 18.9 Å². The lowest BCUT2D eigenvalue weighted by atomic mass is 9.77. The van der Waals surface area contributed by atoms with Crippen molar-refractivity contribution in [1.29, 1.82) is 0 Å². The van der Waals surface area contributed by atoms with Crippen LogP contribution in [0, 0.1) is 23.7 Å². The summed E-state index contributed by atoms with van der Waals surface area (Å²) >= 11 is 0. The first-order chi connectivity index (χ1) is 10.1. The number of carbonyl (C=O) groups excluding carboxylic acids is 2. The number of nitrogens with one attached hydrogen (secondary N) is 1. The summed E-state index contributed by atoms with van der Waals surface area (Å²) in [7, 11) is 1.25. The van der Waals surface area contributed by atoms with Gasteiger partial charge >= 0.3 is 18.0 Å². The molecular formula is C15H23NO6. The number of hydrogen-bond acceptors (Lipinski definition) is 5. The molecule has 7 heteroatoms. The zero-order valence-corrected chi connectivity index (χ0v) is 13.3. The van der Waals surface area contributed by atoms with Crippen molar-refractivity contribution in [1.82, 2.24) is 5.32 Å². The number of esters is 1. The Kier molecular flexibility index (Phi) is 4.35. The van der Waals surface area contributed by atoms with E-state index in [-0.39, 0.29) is 17.9 Å². The van der Waals surface area contributed by atoms with Gasteiger partial charge in [-0.3, -0.25) is 9.59 Å². The second-order valence-corrected chi connectivity index (χ2v) is 7.06. The van der Waals surface area contributed by atoms with Crippen molar-refractivity contribution < 1.29 is 29.0 Å². The molecule has 2 bridgehead atoms. The summed E-state index contributed by atoms with van der Waals surface area (Å²) in [4.78, 5) is 35.3. The molecule has 0 saturated heterocycles. The highest BCUT2D eigenvalue weighted by Crippen LogP contribution is 2.52. The number of rotatable bonds is 3. The number of carboxylic acid groups (broad SMARTS) is 1. The lowest BCUT2D eigenvalue weighted by molar-refractivity contribution is -0.158. The van der Waals surface area contributed by atoms with Crippen molar-refractivity contribution in [2.75, 3.05) is 7.11 Å². The lowest BCUT2D eigenvalue weighted by Gasteiger charge is -2.32. The zero-order chi connectivity index (χ0) is 16.7. The molecule has 0 radical (unpaired) electrons. The summed E-state index contributed by atoms with van der Waals surface area (Å²) in [5.74, 6) is -3.26. The quantitative estimate of drug-likeness (QED) is 0.764. The van der Waals surface area contributed by atoms with Gasteiger partial charge in [-0.25, -0.2) is 4.79 Å². The van der Waals surface area contributed by atoms with E-state index in [2.05, 4.69) is 5.32 Å². The molecule has 2 rings (SSSR count). The molecular weight excluding hydrogens is 290 g/mol. The van der Waals surface area contributed by atoms with Gasteiger partial charge < -0.3 is 19.9 Å². The number of hydrogen-bond donors (Lipinski definition) is 2. The Hall–Kier alpha value is -1.79. The first kappa shape index (κ1) is 16.6. The van der Waals surface area contributed by atoms with Crippen molar-refractivity contribution in [2.45, 2.75) is 45.3 Å². The Bertz CT molecular complexity index is 483. The van der Waals surface area contributed by atoms with Gasteiger partial charge in [-0.2, -0.15) is 0 Å². The van der Waals surface area contributed by atoms with Crippen LogP contribution in [0.4, 0.5) is 4.79 Å². The summed E-state index contributed by atoms with van der Waals surface area (Å²) in [5, 5.41) is 12.1. The molecule has 0 aliphatic heterocycles. The normalized spacial score (nSPS) is 33.4. The van der Waals surface area contributed by atoms with Gasteiger partial charge in [-0.05, 0) is 45.4 Å². The van der Waals surface area contributed by atoms with Crippen LogP contribution in [0.25, 0.3) is 0 Å². The minimum absolute atomic E-state index is 0.119. The summed E-state index contributed by atoms with van der Waals surface area (Å²) < 4.78 is 9.98. The predicted molar refractivity (Wildman–Crippen MR) is 76.0 cm³/mol. The molecule has 2 saturated carbocycles. The van der Waals surface area contributed by atoms with E-state index in [0.29, 0.717) is 12.8 Å². The van der Waals surface area contributed by atoms with E-state index >= 15 is 0 Å². The van der Waals surface area contributed by atoms with E-state index in [9.17, 15) is 19.5 Å². The molecule has 2 aliphatic rings. The molecule has 0 aromatic heterocycles. The van der Waals surface area contributed by atoms with Crippen LogP contribution >= 0.6 is 0 Å². The monoisotopic (exact) mass is 313 g/mol. The second-order valence-electron chi connectivity index (χ2n) is 7.06. The highest BCUT2D eigenvalue weighted by molar-refractivity contribution is 5.83. The van der Waals surface area contributed by atoms with Gasteiger partial charge in [0.2, 0.25) is 0 Å². The maximum atomic E-state index is 11.9. The number of carboxylic acids is 1. The average molecular weight is 313 g/mol. The van der Waals surface area contributed by atoms with Crippen molar-refractivity contribution in [3.05, 3.63) is 0 Å². The Morgan fingerprint density at radius 2 is 1.77 bits per heavy atom. The van der Waals surface area contributed by atoms with Gasteiger partial charge in [-0.1, -0.05) is 0 Å². The van der Waals surface area contributed by atoms with Crippen LogP contribution in [-0.4, -0.2) is 41.9 Å². The molecule has 124 valence electrons. The van der Waals surface area contributed by atoms with Gasteiger partial charge in [0.25, 0.3) is 0 Å². The summed E-state index contributed by atoms with van der Waals surface area (Å²) in [6.07, 6.45) is 0.617. The average Bonchev–Trinajstić information content (AvgIpc) is 2.92. The van der Waals surface area contributed by atoms with Gasteiger partial charge in [0.15, 0.2) is 0 Å². The summed E-state index contributed by atoms with van der Waals surface area (Å²) in [6, 6.07) is -0.250. The van der Waals surface area contributed by atoms with Gasteiger partial charge in [0.1, 0.15) is 5.60 Å². The highest BCUT2D eigenvalue weighted by atomic mass is 16.6. The molecule has 5 atom stereocenters. The number of ether oxygens (including phenoxy) is 2. The minimum atomic E-state index is -0.974. The van der Waals surface area contributed by atoms with E-state index in [1.54, 1.807) is 20.8 Å². The van der Waals surface area contributed by atoms with Crippen molar-refractivity contribution in [2.24, 2.45) is 23.7 Å². The molecule has 2 N–H and O–H groups in total. The van der Waals surface area contributed by atoms with Crippen molar-refractivity contribution in [3.63, 3.8) is 0 Å². The molecule has 2 unspecified atom stereocenters. The Balaban J connectivity index is 2.08. The molecule has 0 aromatic carbocycles. The van der Waals surface area contributed by atoms with Gasteiger partial charge in [-0.15, -0.1) is 0 Å². The predicted octanol–water partition coefficient (Wildman–Crippen LogP) is 1.41. The van der Waals surface area contributed by atoms with Crippen LogP contribution < -0.4 is 5.32 Å². The fourth-order valence-electron chi connectivity index (χ4n) is 3.80. The topological polar surface area (TPSA) is 102 Å². The standard InChI is InChI=1S/C15H23NO6/c1-15(2,3)22-14(20)16-9-6-7-5-8(9)11(13(19)21-4)10(7)12(17)18/h7-11H,5-6H2,1-4H3,(H,16,20)(H,17,18)/t7?,8?,9-,10-,11-/m0/s1. The zero-order valence-electron chi connectivity index (χ0n) is 13.3. The fraction of sp³-hybridized carbons (Fsp3) is 0.800. The Labute approximate surface area is 129 Å². The molecule has 7 nitrogen and oxygen atoms in total. The number of amides is 1. The maximum Gasteiger partial charge on any atom is 0.407 e. The fourth-order valence-corrected chi connectivity index (χ4v) is 3.80. The third-order valence-electron chi connectivity index (χ3n) is 4.47. The summed E-state index contributed by atoms with van der Waals surface area (Å²) in [6.45, 7) is 5.31. The van der Waals surface area contributed by atoms with Gasteiger partial charge in [0, 0.05) is 6.04 Å². The SMILES string of the molecule is COC(=O)[C@H]1C2CC(C[C@@H]2NC(=O)OC(C)(C)C)[C@@H]1C(=O)O.